The predicted molar refractivity (Wildman–Crippen MR) is 105 cm³/mol. The van der Waals surface area contributed by atoms with Crippen LogP contribution in [0.3, 0.4) is 0 Å². The summed E-state index contributed by atoms with van der Waals surface area (Å²) in [5.41, 5.74) is 0. The molecule has 0 aliphatic rings. The molecule has 144 valence electrons. The van der Waals surface area contributed by atoms with Gasteiger partial charge in [-0.1, -0.05) is 110 Å². The Hall–Kier alpha value is -0.530. The third-order valence-corrected chi connectivity index (χ3v) is 4.75. The van der Waals surface area contributed by atoms with E-state index in [-0.39, 0.29) is 5.97 Å². The van der Waals surface area contributed by atoms with Gasteiger partial charge in [0.05, 0.1) is 6.61 Å². The molecule has 0 aromatic rings. The van der Waals surface area contributed by atoms with Crippen LogP contribution in [-0.2, 0) is 9.53 Å². The molecule has 0 aromatic heterocycles. The lowest BCUT2D eigenvalue weighted by atomic mass is 10.0. The van der Waals surface area contributed by atoms with Crippen molar-refractivity contribution in [1.29, 1.82) is 0 Å². The Balaban J connectivity index is 3.08. The van der Waals surface area contributed by atoms with E-state index in [1.54, 1.807) is 0 Å². The molecule has 0 rings (SSSR count). The summed E-state index contributed by atoms with van der Waals surface area (Å²) in [6.45, 7) is 5.09. The summed E-state index contributed by atoms with van der Waals surface area (Å²) >= 11 is 0. The molecule has 0 saturated carbocycles. The standard InChI is InChI=1S/C22H44O2/c1-3-5-7-9-10-11-12-13-14-15-16-17-19-21-24-22(23)20-18-8-6-4-2/h3-21H2,1-2H3. The molecular formula is C22H44O2. The number of hydrogen-bond donors (Lipinski definition) is 0. The van der Waals surface area contributed by atoms with Crippen molar-refractivity contribution in [1.82, 2.24) is 0 Å². The van der Waals surface area contributed by atoms with Crippen LogP contribution in [-0.4, -0.2) is 12.6 Å². The van der Waals surface area contributed by atoms with E-state index < -0.39 is 0 Å². The van der Waals surface area contributed by atoms with E-state index in [0.717, 1.165) is 19.3 Å². The van der Waals surface area contributed by atoms with Crippen LogP contribution < -0.4 is 0 Å². The predicted octanol–water partition coefficient (Wildman–Crippen LogP) is 7.59. The van der Waals surface area contributed by atoms with Gasteiger partial charge < -0.3 is 4.74 Å². The van der Waals surface area contributed by atoms with E-state index in [2.05, 4.69) is 13.8 Å². The second kappa shape index (κ2) is 20.5. The first kappa shape index (κ1) is 23.5. The minimum Gasteiger partial charge on any atom is -0.466 e. The van der Waals surface area contributed by atoms with Gasteiger partial charge in [-0.25, -0.2) is 0 Å². The maximum atomic E-state index is 11.5. The van der Waals surface area contributed by atoms with Gasteiger partial charge in [0.15, 0.2) is 0 Å². The van der Waals surface area contributed by atoms with Crippen molar-refractivity contribution in [3.63, 3.8) is 0 Å². The second-order valence-corrected chi connectivity index (χ2v) is 7.27. The molecule has 0 aliphatic carbocycles. The molecule has 0 unspecified atom stereocenters. The molecule has 0 fully saturated rings. The zero-order valence-electron chi connectivity index (χ0n) is 16.8. The zero-order chi connectivity index (χ0) is 17.7. The third-order valence-electron chi connectivity index (χ3n) is 4.75. The molecule has 0 bridgehead atoms. The lowest BCUT2D eigenvalue weighted by Gasteiger charge is -2.05. The topological polar surface area (TPSA) is 26.3 Å². The highest BCUT2D eigenvalue weighted by Gasteiger charge is 2.02. The summed E-state index contributed by atoms with van der Waals surface area (Å²) in [7, 11) is 0. The Labute approximate surface area is 152 Å². The Bertz CT molecular complexity index is 250. The zero-order valence-corrected chi connectivity index (χ0v) is 16.8. The fraction of sp³-hybridized carbons (Fsp3) is 0.955. The van der Waals surface area contributed by atoms with E-state index in [1.807, 2.05) is 0 Å². The Kier molecular flexibility index (Phi) is 20.1. The lowest BCUT2D eigenvalue weighted by molar-refractivity contribution is -0.143. The Morgan fingerprint density at radius 2 is 0.917 bits per heavy atom. The molecule has 0 amide bonds. The van der Waals surface area contributed by atoms with Crippen molar-refractivity contribution in [3.8, 4) is 0 Å². The number of hydrogen-bond acceptors (Lipinski definition) is 2. The first-order chi connectivity index (χ1) is 11.8. The summed E-state index contributed by atoms with van der Waals surface area (Å²) < 4.78 is 5.28. The molecule has 24 heavy (non-hydrogen) atoms. The van der Waals surface area contributed by atoms with Gasteiger partial charge in [-0.05, 0) is 12.8 Å². The highest BCUT2D eigenvalue weighted by Crippen LogP contribution is 2.12. The maximum absolute atomic E-state index is 11.5. The summed E-state index contributed by atoms with van der Waals surface area (Å²) in [6, 6.07) is 0. The molecule has 0 aliphatic heterocycles. The van der Waals surface area contributed by atoms with Gasteiger partial charge in [-0.2, -0.15) is 0 Å². The van der Waals surface area contributed by atoms with Gasteiger partial charge in [0.1, 0.15) is 0 Å². The highest BCUT2D eigenvalue weighted by atomic mass is 16.5. The quantitative estimate of drug-likeness (QED) is 0.179. The minimum atomic E-state index is 0.00467. The smallest absolute Gasteiger partial charge is 0.305 e. The lowest BCUT2D eigenvalue weighted by Crippen LogP contribution is -2.05. The molecule has 0 spiro atoms. The summed E-state index contributed by atoms with van der Waals surface area (Å²) in [5.74, 6) is 0.00467. The Morgan fingerprint density at radius 1 is 0.542 bits per heavy atom. The first-order valence-corrected chi connectivity index (χ1v) is 11.0. The number of carbonyl (C=O) groups is 1. The van der Waals surface area contributed by atoms with Crippen molar-refractivity contribution in [2.24, 2.45) is 0 Å². The molecular weight excluding hydrogens is 296 g/mol. The summed E-state index contributed by atoms with van der Waals surface area (Å²) in [5, 5.41) is 0. The van der Waals surface area contributed by atoms with Gasteiger partial charge in [0, 0.05) is 6.42 Å². The van der Waals surface area contributed by atoms with Crippen LogP contribution in [0, 0.1) is 0 Å². The van der Waals surface area contributed by atoms with Crippen molar-refractivity contribution in [2.45, 2.75) is 129 Å². The highest BCUT2D eigenvalue weighted by molar-refractivity contribution is 5.69. The minimum absolute atomic E-state index is 0.00467. The van der Waals surface area contributed by atoms with Gasteiger partial charge >= 0.3 is 5.97 Å². The SMILES string of the molecule is CCCCCCCCCCCCCCCOC(=O)CCCCCC. The molecule has 0 aromatic carbocycles. The first-order valence-electron chi connectivity index (χ1n) is 11.0. The van der Waals surface area contributed by atoms with Gasteiger partial charge in [-0.3, -0.25) is 4.79 Å². The number of esters is 1. The molecule has 0 heterocycles. The average Bonchev–Trinajstić information content (AvgIpc) is 2.59. The van der Waals surface area contributed by atoms with Crippen LogP contribution in [0.4, 0.5) is 0 Å². The molecule has 0 atom stereocenters. The second-order valence-electron chi connectivity index (χ2n) is 7.27. The molecule has 2 heteroatoms. The van der Waals surface area contributed by atoms with E-state index >= 15 is 0 Å². The van der Waals surface area contributed by atoms with Crippen LogP contribution in [0.5, 0.6) is 0 Å². The largest absolute Gasteiger partial charge is 0.466 e. The van der Waals surface area contributed by atoms with E-state index in [9.17, 15) is 4.79 Å². The van der Waals surface area contributed by atoms with Crippen LogP contribution in [0.2, 0.25) is 0 Å². The third kappa shape index (κ3) is 19.5. The van der Waals surface area contributed by atoms with E-state index in [0.29, 0.717) is 13.0 Å². The van der Waals surface area contributed by atoms with Crippen LogP contribution in [0.15, 0.2) is 0 Å². The number of carbonyl (C=O) groups excluding carboxylic acids is 1. The van der Waals surface area contributed by atoms with E-state index in [4.69, 9.17) is 4.74 Å². The molecule has 0 saturated heterocycles. The van der Waals surface area contributed by atoms with Crippen LogP contribution in [0.25, 0.3) is 0 Å². The monoisotopic (exact) mass is 340 g/mol. The average molecular weight is 341 g/mol. The summed E-state index contributed by atoms with van der Waals surface area (Å²) in [6.07, 6.45) is 22.8. The fourth-order valence-electron chi connectivity index (χ4n) is 3.07. The van der Waals surface area contributed by atoms with Crippen LogP contribution in [0.1, 0.15) is 129 Å². The van der Waals surface area contributed by atoms with Gasteiger partial charge in [-0.15, -0.1) is 0 Å². The number of rotatable bonds is 19. The fourth-order valence-corrected chi connectivity index (χ4v) is 3.07. The van der Waals surface area contributed by atoms with Gasteiger partial charge in [0.25, 0.3) is 0 Å². The van der Waals surface area contributed by atoms with Gasteiger partial charge in [0.2, 0.25) is 0 Å². The molecule has 2 nitrogen and oxygen atoms in total. The van der Waals surface area contributed by atoms with E-state index in [1.165, 1.54) is 89.9 Å². The summed E-state index contributed by atoms with van der Waals surface area (Å²) in [4.78, 5) is 11.5. The van der Waals surface area contributed by atoms with Crippen molar-refractivity contribution in [3.05, 3.63) is 0 Å². The van der Waals surface area contributed by atoms with Crippen molar-refractivity contribution < 1.29 is 9.53 Å². The number of ether oxygens (including phenoxy) is 1. The Morgan fingerprint density at radius 3 is 1.38 bits per heavy atom. The maximum Gasteiger partial charge on any atom is 0.305 e. The van der Waals surface area contributed by atoms with Crippen molar-refractivity contribution in [2.75, 3.05) is 6.61 Å². The molecule has 0 radical (unpaired) electrons. The van der Waals surface area contributed by atoms with Crippen molar-refractivity contribution >= 4 is 5.97 Å². The normalized spacial score (nSPS) is 10.9. The number of unbranched alkanes of at least 4 members (excludes halogenated alkanes) is 15. The molecule has 0 N–H and O–H groups in total. The van der Waals surface area contributed by atoms with Crippen LogP contribution >= 0.6 is 0 Å².